The van der Waals surface area contributed by atoms with Crippen molar-refractivity contribution < 1.29 is 62.9 Å². The molecule has 0 amide bonds. The van der Waals surface area contributed by atoms with Gasteiger partial charge in [0, 0.05) is 31.2 Å². The largest absolute Gasteiger partial charge is 0.432 e. The van der Waals surface area contributed by atoms with Crippen LogP contribution in [0.25, 0.3) is 0 Å². The summed E-state index contributed by atoms with van der Waals surface area (Å²) in [4.78, 5) is 0. The van der Waals surface area contributed by atoms with E-state index in [1.165, 1.54) is 7.11 Å². The molecule has 0 N–H and O–H groups in total. The molecule has 2 unspecified atom stereocenters. The lowest BCUT2D eigenvalue weighted by molar-refractivity contribution is -0.190. The Morgan fingerprint density at radius 2 is 1.32 bits per heavy atom. The third-order valence-corrected chi connectivity index (χ3v) is 6.20. The van der Waals surface area contributed by atoms with Crippen LogP contribution >= 0.6 is 0 Å². The van der Waals surface area contributed by atoms with Crippen LogP contribution in [0.15, 0.2) is 42.5 Å². The van der Waals surface area contributed by atoms with Crippen LogP contribution in [-0.2, 0) is 21.7 Å². The Hall–Kier alpha value is -3.52. The minimum Gasteiger partial charge on any atom is -0.429 e. The molecule has 14 heteroatoms. The lowest BCUT2D eigenvalue weighted by Crippen LogP contribution is -2.27. The summed E-state index contributed by atoms with van der Waals surface area (Å²) in [5.74, 6) is -13.2. The van der Waals surface area contributed by atoms with Gasteiger partial charge in [-0.15, -0.1) is 0 Å². The summed E-state index contributed by atoms with van der Waals surface area (Å²) < 4.78 is 161. The van der Waals surface area contributed by atoms with Crippen LogP contribution in [0.5, 0.6) is 11.5 Å². The molecule has 3 aromatic carbocycles. The van der Waals surface area contributed by atoms with Gasteiger partial charge in [0.2, 0.25) is 0 Å². The SMILES string of the molecule is COCC1CCC(c2cc(F)c(C(F)(F)Oc3ccc(C(F)(F)Oc4cc(F)c(F)c(F)c4)c(F)c3)c(F)c2)OC1. The molecule has 3 aromatic rings. The summed E-state index contributed by atoms with van der Waals surface area (Å²) in [5.41, 5.74) is -3.43. The van der Waals surface area contributed by atoms with Crippen molar-refractivity contribution in [2.24, 2.45) is 5.92 Å². The average molecular weight is 598 g/mol. The van der Waals surface area contributed by atoms with Crippen LogP contribution in [0.3, 0.4) is 0 Å². The van der Waals surface area contributed by atoms with E-state index in [2.05, 4.69) is 9.47 Å². The second-order valence-corrected chi connectivity index (χ2v) is 9.16. The first-order valence-electron chi connectivity index (χ1n) is 11.9. The molecule has 0 saturated carbocycles. The maximum atomic E-state index is 14.8. The van der Waals surface area contributed by atoms with Crippen LogP contribution in [0.1, 0.15) is 35.6 Å². The Labute approximate surface area is 226 Å². The number of rotatable bonds is 9. The van der Waals surface area contributed by atoms with Gasteiger partial charge in [-0.2, -0.15) is 17.6 Å². The molecule has 0 bridgehead atoms. The summed E-state index contributed by atoms with van der Waals surface area (Å²) in [6.45, 7) is 0.643. The molecule has 1 saturated heterocycles. The van der Waals surface area contributed by atoms with Crippen LogP contribution in [-0.4, -0.2) is 20.3 Å². The summed E-state index contributed by atoms with van der Waals surface area (Å²) in [6, 6.07) is 2.18. The Balaban J connectivity index is 1.51. The van der Waals surface area contributed by atoms with Crippen molar-refractivity contribution in [1.29, 1.82) is 0 Å². The molecule has 1 heterocycles. The van der Waals surface area contributed by atoms with Crippen molar-refractivity contribution in [3.63, 3.8) is 0 Å². The highest BCUT2D eigenvalue weighted by atomic mass is 19.3. The lowest BCUT2D eigenvalue weighted by Gasteiger charge is -2.29. The Morgan fingerprint density at radius 3 is 1.85 bits per heavy atom. The molecular weight excluding hydrogens is 578 g/mol. The number of methoxy groups -OCH3 is 1. The van der Waals surface area contributed by atoms with Gasteiger partial charge in [0.1, 0.15) is 40.1 Å². The van der Waals surface area contributed by atoms with Crippen LogP contribution in [0.2, 0.25) is 0 Å². The first-order valence-corrected chi connectivity index (χ1v) is 11.9. The number of benzene rings is 3. The fraction of sp³-hybridized carbons (Fsp3) is 0.333. The molecule has 0 aliphatic carbocycles. The fourth-order valence-corrected chi connectivity index (χ4v) is 4.28. The monoisotopic (exact) mass is 598 g/mol. The Morgan fingerprint density at radius 1 is 0.732 bits per heavy atom. The quantitative estimate of drug-likeness (QED) is 0.186. The fourth-order valence-electron chi connectivity index (χ4n) is 4.28. The van der Waals surface area contributed by atoms with Crippen LogP contribution in [0.4, 0.5) is 43.9 Å². The van der Waals surface area contributed by atoms with E-state index in [1.54, 1.807) is 0 Å². The van der Waals surface area contributed by atoms with E-state index >= 15 is 0 Å². The van der Waals surface area contributed by atoms with E-state index in [4.69, 9.17) is 9.47 Å². The van der Waals surface area contributed by atoms with Gasteiger partial charge >= 0.3 is 12.2 Å². The maximum absolute atomic E-state index is 14.8. The van der Waals surface area contributed by atoms with Gasteiger partial charge in [-0.1, -0.05) is 0 Å². The number of ether oxygens (including phenoxy) is 4. The van der Waals surface area contributed by atoms with E-state index in [-0.39, 0.29) is 42.4 Å². The zero-order valence-corrected chi connectivity index (χ0v) is 20.9. The molecule has 41 heavy (non-hydrogen) atoms. The van der Waals surface area contributed by atoms with Crippen LogP contribution < -0.4 is 9.47 Å². The molecule has 1 aliphatic heterocycles. The molecule has 4 nitrogen and oxygen atoms in total. The van der Waals surface area contributed by atoms with Crippen LogP contribution in [0, 0.1) is 40.8 Å². The maximum Gasteiger partial charge on any atom is 0.432 e. The Kier molecular flexibility index (Phi) is 8.73. The number of halogens is 10. The zero-order chi connectivity index (χ0) is 30.1. The van der Waals surface area contributed by atoms with Gasteiger partial charge in [0.05, 0.1) is 19.3 Å². The summed E-state index contributed by atoms with van der Waals surface area (Å²) in [6.07, 6.45) is -9.15. The van der Waals surface area contributed by atoms with Gasteiger partial charge < -0.3 is 18.9 Å². The predicted molar refractivity (Wildman–Crippen MR) is 121 cm³/mol. The van der Waals surface area contributed by atoms with Crippen molar-refractivity contribution >= 4 is 0 Å². The molecule has 222 valence electrons. The second kappa shape index (κ2) is 11.8. The van der Waals surface area contributed by atoms with Crippen molar-refractivity contribution in [1.82, 2.24) is 0 Å². The highest BCUT2D eigenvalue weighted by molar-refractivity contribution is 5.35. The average Bonchev–Trinajstić information content (AvgIpc) is 2.86. The van der Waals surface area contributed by atoms with Crippen molar-refractivity contribution in [3.8, 4) is 11.5 Å². The van der Waals surface area contributed by atoms with Gasteiger partial charge in [0.15, 0.2) is 17.5 Å². The molecule has 0 spiro atoms. The molecular formula is C27H20F10O4. The van der Waals surface area contributed by atoms with E-state index in [1.807, 2.05) is 0 Å². The summed E-state index contributed by atoms with van der Waals surface area (Å²) in [7, 11) is 1.51. The number of hydrogen-bond donors (Lipinski definition) is 0. The standard InChI is InChI=1S/C27H20F10O4/c1-38-11-13-2-5-23(39-12-13)14-6-19(29)24(20(30)7-14)27(36,37)40-15-3-4-17(18(28)8-15)26(34,35)41-16-9-21(31)25(33)22(32)10-16/h3-4,6-10,13,23H,2,5,11-12H2,1H3. The van der Waals surface area contributed by atoms with Crippen molar-refractivity contribution in [2.75, 3.05) is 20.3 Å². The minimum absolute atomic E-state index is 0.0334. The smallest absolute Gasteiger partial charge is 0.429 e. The Bertz CT molecular complexity index is 1360. The first-order chi connectivity index (χ1) is 19.2. The van der Waals surface area contributed by atoms with E-state index in [0.717, 1.165) is 0 Å². The predicted octanol–water partition coefficient (Wildman–Crippen LogP) is 7.89. The van der Waals surface area contributed by atoms with Crippen molar-refractivity contribution in [2.45, 2.75) is 31.2 Å². The van der Waals surface area contributed by atoms with Gasteiger partial charge in [0.25, 0.3) is 0 Å². The highest BCUT2D eigenvalue weighted by Crippen LogP contribution is 2.40. The van der Waals surface area contributed by atoms with E-state index in [0.29, 0.717) is 37.6 Å². The van der Waals surface area contributed by atoms with Gasteiger partial charge in [-0.05, 0) is 42.7 Å². The zero-order valence-electron chi connectivity index (χ0n) is 20.9. The molecule has 2 atom stereocenters. The molecule has 4 rings (SSSR count). The lowest BCUT2D eigenvalue weighted by atomic mass is 9.94. The van der Waals surface area contributed by atoms with E-state index in [9.17, 15) is 43.9 Å². The van der Waals surface area contributed by atoms with E-state index < -0.39 is 75.9 Å². The normalized spacial score (nSPS) is 17.9. The second-order valence-electron chi connectivity index (χ2n) is 9.16. The third-order valence-electron chi connectivity index (χ3n) is 6.20. The highest BCUT2D eigenvalue weighted by Gasteiger charge is 2.43. The number of hydrogen-bond acceptors (Lipinski definition) is 4. The van der Waals surface area contributed by atoms with Crippen molar-refractivity contribution in [3.05, 3.63) is 94.1 Å². The van der Waals surface area contributed by atoms with Gasteiger partial charge in [-0.3, -0.25) is 0 Å². The molecule has 0 aromatic heterocycles. The third kappa shape index (κ3) is 6.70. The molecule has 1 aliphatic rings. The minimum atomic E-state index is -4.72. The topological polar surface area (TPSA) is 36.9 Å². The molecule has 0 radical (unpaired) electrons. The summed E-state index contributed by atoms with van der Waals surface area (Å²) >= 11 is 0. The molecule has 1 fully saturated rings. The first kappa shape index (κ1) is 30.4. The number of alkyl halides is 4. The van der Waals surface area contributed by atoms with Gasteiger partial charge in [-0.25, -0.2) is 26.3 Å². The summed E-state index contributed by atoms with van der Waals surface area (Å²) in [5, 5.41) is 0.